The Labute approximate surface area is 82.6 Å². The molecular weight excluding hydrogens is 176 g/mol. The summed E-state index contributed by atoms with van der Waals surface area (Å²) in [5, 5.41) is 7.21. The molecule has 0 aliphatic heterocycles. The van der Waals surface area contributed by atoms with E-state index in [1.54, 1.807) is 6.20 Å². The lowest BCUT2D eigenvalue weighted by atomic mass is 10.4. The summed E-state index contributed by atoms with van der Waals surface area (Å²) >= 11 is 0. The molecule has 0 aromatic carbocycles. The van der Waals surface area contributed by atoms with Crippen molar-refractivity contribution in [2.75, 3.05) is 12.4 Å². The summed E-state index contributed by atoms with van der Waals surface area (Å²) < 4.78 is 1.83. The van der Waals surface area contributed by atoms with Gasteiger partial charge in [0.25, 0.3) is 0 Å². The van der Waals surface area contributed by atoms with Crippen LogP contribution in [0.15, 0.2) is 30.7 Å². The number of pyridine rings is 1. The molecule has 2 heterocycles. The van der Waals surface area contributed by atoms with E-state index < -0.39 is 0 Å². The summed E-state index contributed by atoms with van der Waals surface area (Å²) in [6.45, 7) is 2.02. The number of nitrogens with zero attached hydrogens (tertiary/aromatic N) is 3. The van der Waals surface area contributed by atoms with Gasteiger partial charge in [0.2, 0.25) is 0 Å². The zero-order valence-corrected chi connectivity index (χ0v) is 8.23. The fourth-order valence-electron chi connectivity index (χ4n) is 1.25. The van der Waals surface area contributed by atoms with Crippen LogP contribution < -0.4 is 5.32 Å². The molecule has 14 heavy (non-hydrogen) atoms. The first-order valence-corrected chi connectivity index (χ1v) is 4.45. The Morgan fingerprint density at radius 1 is 1.43 bits per heavy atom. The van der Waals surface area contributed by atoms with Crippen molar-refractivity contribution >= 4 is 5.82 Å². The van der Waals surface area contributed by atoms with Gasteiger partial charge in [-0.1, -0.05) is 0 Å². The number of hydrogen-bond acceptors (Lipinski definition) is 3. The van der Waals surface area contributed by atoms with Crippen LogP contribution in [-0.4, -0.2) is 21.8 Å². The monoisotopic (exact) mass is 188 g/mol. The zero-order valence-electron chi connectivity index (χ0n) is 8.23. The average Bonchev–Trinajstić information content (AvgIpc) is 2.65. The van der Waals surface area contributed by atoms with Gasteiger partial charge in [0, 0.05) is 25.5 Å². The molecule has 0 atom stereocenters. The first kappa shape index (κ1) is 8.74. The summed E-state index contributed by atoms with van der Waals surface area (Å²) in [5.41, 5.74) is 2.16. The molecule has 0 aliphatic carbocycles. The fourth-order valence-corrected chi connectivity index (χ4v) is 1.25. The van der Waals surface area contributed by atoms with E-state index in [1.807, 2.05) is 43.2 Å². The smallest absolute Gasteiger partial charge is 0.127 e. The first-order chi connectivity index (χ1) is 6.79. The molecule has 0 radical (unpaired) electrons. The third-order valence-electron chi connectivity index (χ3n) is 1.98. The third-order valence-corrected chi connectivity index (χ3v) is 1.98. The highest BCUT2D eigenvalue weighted by molar-refractivity contribution is 5.43. The van der Waals surface area contributed by atoms with Crippen molar-refractivity contribution in [2.45, 2.75) is 6.92 Å². The maximum Gasteiger partial charge on any atom is 0.127 e. The van der Waals surface area contributed by atoms with Crippen molar-refractivity contribution in [2.24, 2.45) is 0 Å². The third kappa shape index (κ3) is 1.59. The van der Waals surface area contributed by atoms with Crippen molar-refractivity contribution in [3.05, 3.63) is 36.3 Å². The Morgan fingerprint density at radius 3 is 2.93 bits per heavy atom. The lowest BCUT2D eigenvalue weighted by Gasteiger charge is -2.03. The van der Waals surface area contributed by atoms with Crippen LogP contribution in [-0.2, 0) is 0 Å². The van der Waals surface area contributed by atoms with E-state index in [0.29, 0.717) is 0 Å². The highest BCUT2D eigenvalue weighted by atomic mass is 15.3. The average molecular weight is 188 g/mol. The quantitative estimate of drug-likeness (QED) is 0.778. The second-order valence-electron chi connectivity index (χ2n) is 3.11. The SMILES string of the molecule is CNc1cc(-n2cc(C)cn2)ccn1. The second kappa shape index (κ2) is 3.49. The van der Waals surface area contributed by atoms with Crippen LogP contribution in [0.2, 0.25) is 0 Å². The van der Waals surface area contributed by atoms with E-state index in [4.69, 9.17) is 0 Å². The van der Waals surface area contributed by atoms with Crippen molar-refractivity contribution in [1.29, 1.82) is 0 Å². The summed E-state index contributed by atoms with van der Waals surface area (Å²) in [6.07, 6.45) is 5.58. The molecular formula is C10H12N4. The first-order valence-electron chi connectivity index (χ1n) is 4.45. The fraction of sp³-hybridized carbons (Fsp3) is 0.200. The predicted molar refractivity (Wildman–Crippen MR) is 55.6 cm³/mol. The van der Waals surface area contributed by atoms with Crippen LogP contribution >= 0.6 is 0 Å². The van der Waals surface area contributed by atoms with Crippen LogP contribution in [0.4, 0.5) is 5.82 Å². The number of aromatic nitrogens is 3. The van der Waals surface area contributed by atoms with Gasteiger partial charge in [-0.15, -0.1) is 0 Å². The molecule has 4 nitrogen and oxygen atoms in total. The Bertz CT molecular complexity index is 433. The van der Waals surface area contributed by atoms with Crippen molar-refractivity contribution in [3.63, 3.8) is 0 Å². The summed E-state index contributed by atoms with van der Waals surface area (Å²) in [6, 6.07) is 3.87. The molecule has 0 fully saturated rings. The van der Waals surface area contributed by atoms with E-state index in [-0.39, 0.29) is 0 Å². The summed E-state index contributed by atoms with van der Waals surface area (Å²) in [7, 11) is 1.85. The van der Waals surface area contributed by atoms with Crippen LogP contribution in [0.3, 0.4) is 0 Å². The van der Waals surface area contributed by atoms with E-state index in [9.17, 15) is 0 Å². The summed E-state index contributed by atoms with van der Waals surface area (Å²) in [4.78, 5) is 4.14. The Morgan fingerprint density at radius 2 is 2.29 bits per heavy atom. The standard InChI is InChI=1S/C10H12N4/c1-8-6-13-14(7-8)9-3-4-12-10(5-9)11-2/h3-7H,1-2H3,(H,11,12). The van der Waals surface area contributed by atoms with E-state index in [2.05, 4.69) is 15.4 Å². The van der Waals surface area contributed by atoms with Gasteiger partial charge in [0.1, 0.15) is 5.82 Å². The number of anilines is 1. The van der Waals surface area contributed by atoms with Gasteiger partial charge in [0.15, 0.2) is 0 Å². The molecule has 2 rings (SSSR count). The van der Waals surface area contributed by atoms with Gasteiger partial charge in [0.05, 0.1) is 11.9 Å². The minimum absolute atomic E-state index is 0.843. The summed E-state index contributed by atoms with van der Waals surface area (Å²) in [5.74, 6) is 0.843. The molecule has 0 unspecified atom stereocenters. The van der Waals surface area contributed by atoms with Crippen molar-refractivity contribution < 1.29 is 0 Å². The lowest BCUT2D eigenvalue weighted by Crippen LogP contribution is -1.97. The van der Waals surface area contributed by atoms with Crippen LogP contribution in [0, 0.1) is 6.92 Å². The maximum atomic E-state index is 4.22. The van der Waals surface area contributed by atoms with Crippen LogP contribution in [0.1, 0.15) is 5.56 Å². The molecule has 4 heteroatoms. The largest absolute Gasteiger partial charge is 0.373 e. The predicted octanol–water partition coefficient (Wildman–Crippen LogP) is 1.62. The number of nitrogens with one attached hydrogen (secondary N) is 1. The Hall–Kier alpha value is -1.84. The minimum atomic E-state index is 0.843. The van der Waals surface area contributed by atoms with Crippen molar-refractivity contribution in [3.8, 4) is 5.69 Å². The van der Waals surface area contributed by atoms with Gasteiger partial charge in [-0.2, -0.15) is 5.10 Å². The number of hydrogen-bond donors (Lipinski definition) is 1. The Balaban J connectivity index is 2.41. The zero-order chi connectivity index (χ0) is 9.97. The minimum Gasteiger partial charge on any atom is -0.373 e. The molecule has 0 spiro atoms. The van der Waals surface area contributed by atoms with Crippen LogP contribution in [0.5, 0.6) is 0 Å². The molecule has 0 aliphatic rings. The lowest BCUT2D eigenvalue weighted by molar-refractivity contribution is 0.878. The highest BCUT2D eigenvalue weighted by Gasteiger charge is 1.98. The van der Waals surface area contributed by atoms with Crippen molar-refractivity contribution in [1.82, 2.24) is 14.8 Å². The maximum absolute atomic E-state index is 4.22. The van der Waals surface area contributed by atoms with Gasteiger partial charge < -0.3 is 5.32 Å². The number of aryl methyl sites for hydroxylation is 1. The normalized spacial score (nSPS) is 10.1. The van der Waals surface area contributed by atoms with Gasteiger partial charge >= 0.3 is 0 Å². The van der Waals surface area contributed by atoms with E-state index >= 15 is 0 Å². The van der Waals surface area contributed by atoms with E-state index in [0.717, 1.165) is 17.1 Å². The van der Waals surface area contributed by atoms with E-state index in [1.165, 1.54) is 0 Å². The molecule has 0 saturated carbocycles. The van der Waals surface area contributed by atoms with Crippen LogP contribution in [0.25, 0.3) is 5.69 Å². The number of rotatable bonds is 2. The second-order valence-corrected chi connectivity index (χ2v) is 3.11. The Kier molecular flexibility index (Phi) is 2.18. The molecule has 2 aromatic heterocycles. The molecule has 2 aromatic rings. The molecule has 0 bridgehead atoms. The molecule has 72 valence electrons. The van der Waals surface area contributed by atoms with Gasteiger partial charge in [-0.05, 0) is 18.6 Å². The van der Waals surface area contributed by atoms with Gasteiger partial charge in [-0.25, -0.2) is 9.67 Å². The topological polar surface area (TPSA) is 42.7 Å². The molecule has 0 amide bonds. The highest BCUT2D eigenvalue weighted by Crippen LogP contribution is 2.10. The van der Waals surface area contributed by atoms with Gasteiger partial charge in [-0.3, -0.25) is 0 Å². The molecule has 1 N–H and O–H groups in total. The molecule has 0 saturated heterocycles.